The standard InChI is InChI=1S/C12H13N3O4S/c1-2-14-8-9(7-13)12(16)15-10-3-5-11(6-4-10)20(17,18)19/h3-6,8,14H,2H2,1H3,(H,15,16)(H,17,18,19)/b9-8-. The van der Waals surface area contributed by atoms with Gasteiger partial charge in [-0.05, 0) is 31.2 Å². The average Bonchev–Trinajstić information content (AvgIpc) is 2.39. The molecular weight excluding hydrogens is 282 g/mol. The van der Waals surface area contributed by atoms with Crippen molar-refractivity contribution in [1.82, 2.24) is 5.32 Å². The molecule has 0 bridgehead atoms. The van der Waals surface area contributed by atoms with Crippen LogP contribution < -0.4 is 10.6 Å². The van der Waals surface area contributed by atoms with Crippen LogP contribution in [0.1, 0.15) is 6.92 Å². The molecule has 0 atom stereocenters. The maximum Gasteiger partial charge on any atom is 0.294 e. The average molecular weight is 295 g/mol. The molecule has 0 spiro atoms. The van der Waals surface area contributed by atoms with Gasteiger partial charge in [0.15, 0.2) is 0 Å². The third kappa shape index (κ3) is 4.38. The molecule has 0 aliphatic heterocycles. The third-order valence-corrected chi connectivity index (χ3v) is 3.09. The Bertz CT molecular complexity index is 657. The van der Waals surface area contributed by atoms with Crippen molar-refractivity contribution in [3.63, 3.8) is 0 Å². The van der Waals surface area contributed by atoms with E-state index in [1.54, 1.807) is 6.07 Å². The molecule has 1 aromatic rings. The Kier molecular flexibility index (Phi) is 5.25. The summed E-state index contributed by atoms with van der Waals surface area (Å²) in [5.74, 6) is -0.618. The van der Waals surface area contributed by atoms with E-state index in [1.807, 2.05) is 6.92 Å². The second-order valence-corrected chi connectivity index (χ2v) is 5.10. The number of nitrogens with zero attached hydrogens (tertiary/aromatic N) is 1. The van der Waals surface area contributed by atoms with E-state index < -0.39 is 16.0 Å². The molecule has 0 unspecified atom stereocenters. The zero-order valence-electron chi connectivity index (χ0n) is 10.6. The highest BCUT2D eigenvalue weighted by molar-refractivity contribution is 7.85. The first-order chi connectivity index (χ1) is 9.38. The van der Waals surface area contributed by atoms with Crippen molar-refractivity contribution in [3.05, 3.63) is 36.0 Å². The Balaban J connectivity index is 2.84. The minimum Gasteiger partial charge on any atom is -0.390 e. The van der Waals surface area contributed by atoms with Crippen LogP contribution in [0.4, 0.5) is 5.69 Å². The zero-order chi connectivity index (χ0) is 15.2. The second kappa shape index (κ2) is 6.70. The first kappa shape index (κ1) is 15.7. The van der Waals surface area contributed by atoms with E-state index in [4.69, 9.17) is 9.81 Å². The minimum absolute atomic E-state index is 0.106. The van der Waals surface area contributed by atoms with Crippen LogP contribution in [0.25, 0.3) is 0 Å². The van der Waals surface area contributed by atoms with Gasteiger partial charge in [0.1, 0.15) is 11.6 Å². The molecule has 1 aromatic carbocycles. The van der Waals surface area contributed by atoms with Gasteiger partial charge in [-0.3, -0.25) is 9.35 Å². The predicted octanol–water partition coefficient (Wildman–Crippen LogP) is 0.889. The van der Waals surface area contributed by atoms with Gasteiger partial charge >= 0.3 is 0 Å². The van der Waals surface area contributed by atoms with Crippen LogP contribution in [0.15, 0.2) is 40.9 Å². The molecule has 0 heterocycles. The van der Waals surface area contributed by atoms with Crippen molar-refractivity contribution in [2.75, 3.05) is 11.9 Å². The summed E-state index contributed by atoms with van der Waals surface area (Å²) in [5.41, 5.74) is 0.200. The summed E-state index contributed by atoms with van der Waals surface area (Å²) in [7, 11) is -4.27. The van der Waals surface area contributed by atoms with Crippen molar-refractivity contribution in [2.45, 2.75) is 11.8 Å². The van der Waals surface area contributed by atoms with Crippen LogP contribution in [-0.4, -0.2) is 25.4 Å². The van der Waals surface area contributed by atoms with Crippen LogP contribution in [0.5, 0.6) is 0 Å². The first-order valence-electron chi connectivity index (χ1n) is 5.61. The molecule has 0 fully saturated rings. The third-order valence-electron chi connectivity index (χ3n) is 2.23. The van der Waals surface area contributed by atoms with Gasteiger partial charge in [-0.15, -0.1) is 0 Å². The van der Waals surface area contributed by atoms with Gasteiger partial charge in [0.2, 0.25) is 0 Å². The molecule has 1 rings (SSSR count). The number of hydrogen-bond donors (Lipinski definition) is 3. The van der Waals surface area contributed by atoms with E-state index in [1.165, 1.54) is 18.3 Å². The van der Waals surface area contributed by atoms with Crippen molar-refractivity contribution >= 4 is 21.7 Å². The van der Waals surface area contributed by atoms with Crippen molar-refractivity contribution in [2.24, 2.45) is 0 Å². The number of carbonyl (C=O) groups excluding carboxylic acids is 1. The van der Waals surface area contributed by atoms with E-state index >= 15 is 0 Å². The maximum atomic E-state index is 11.7. The van der Waals surface area contributed by atoms with Crippen LogP contribution in [0.2, 0.25) is 0 Å². The van der Waals surface area contributed by atoms with Crippen molar-refractivity contribution in [1.29, 1.82) is 5.26 Å². The molecule has 0 aliphatic rings. The second-order valence-electron chi connectivity index (χ2n) is 3.68. The van der Waals surface area contributed by atoms with E-state index in [9.17, 15) is 13.2 Å². The normalized spacial score (nSPS) is 11.6. The number of hydrogen-bond acceptors (Lipinski definition) is 5. The van der Waals surface area contributed by atoms with Gasteiger partial charge in [-0.2, -0.15) is 13.7 Å². The summed E-state index contributed by atoms with van der Waals surface area (Å²) < 4.78 is 30.5. The van der Waals surface area contributed by atoms with Gasteiger partial charge in [-0.25, -0.2) is 0 Å². The van der Waals surface area contributed by atoms with E-state index in [0.29, 0.717) is 12.2 Å². The molecule has 0 aromatic heterocycles. The van der Waals surface area contributed by atoms with Crippen LogP contribution in [0.3, 0.4) is 0 Å². The number of nitrogens with one attached hydrogen (secondary N) is 2. The van der Waals surface area contributed by atoms with E-state index in [2.05, 4.69) is 10.6 Å². The monoisotopic (exact) mass is 295 g/mol. The summed E-state index contributed by atoms with van der Waals surface area (Å²) in [4.78, 5) is 11.4. The smallest absolute Gasteiger partial charge is 0.294 e. The van der Waals surface area contributed by atoms with Crippen LogP contribution in [-0.2, 0) is 14.9 Å². The lowest BCUT2D eigenvalue weighted by Gasteiger charge is -2.05. The number of nitriles is 1. The largest absolute Gasteiger partial charge is 0.390 e. The summed E-state index contributed by atoms with van der Waals surface area (Å²) in [6.07, 6.45) is 1.29. The van der Waals surface area contributed by atoms with Gasteiger partial charge in [0.05, 0.1) is 4.90 Å². The number of benzene rings is 1. The molecule has 8 heteroatoms. The Labute approximate surface area is 116 Å². The van der Waals surface area contributed by atoms with E-state index in [0.717, 1.165) is 12.1 Å². The molecule has 0 radical (unpaired) electrons. The Morgan fingerprint density at radius 2 is 2.00 bits per heavy atom. The molecule has 0 saturated heterocycles. The van der Waals surface area contributed by atoms with Crippen LogP contribution >= 0.6 is 0 Å². The summed E-state index contributed by atoms with van der Waals surface area (Å²) in [6.45, 7) is 2.39. The topological polar surface area (TPSA) is 119 Å². The van der Waals surface area contributed by atoms with Gasteiger partial charge < -0.3 is 10.6 Å². The lowest BCUT2D eigenvalue weighted by molar-refractivity contribution is -0.112. The fourth-order valence-electron chi connectivity index (χ4n) is 1.26. The maximum absolute atomic E-state index is 11.7. The molecular formula is C12H13N3O4S. The molecule has 0 aliphatic carbocycles. The number of carbonyl (C=O) groups is 1. The lowest BCUT2D eigenvalue weighted by atomic mass is 10.2. The molecule has 20 heavy (non-hydrogen) atoms. The molecule has 7 nitrogen and oxygen atoms in total. The number of anilines is 1. The quantitative estimate of drug-likeness (QED) is 0.421. The summed E-state index contributed by atoms with van der Waals surface area (Å²) in [5, 5.41) is 14.0. The zero-order valence-corrected chi connectivity index (χ0v) is 11.4. The summed E-state index contributed by atoms with van der Waals surface area (Å²) in [6, 6.07) is 6.65. The van der Waals surface area contributed by atoms with Crippen LogP contribution in [0, 0.1) is 11.3 Å². The first-order valence-corrected chi connectivity index (χ1v) is 7.05. The highest BCUT2D eigenvalue weighted by atomic mass is 32.2. The van der Waals surface area contributed by atoms with Crippen molar-refractivity contribution in [3.8, 4) is 6.07 Å². The molecule has 106 valence electrons. The van der Waals surface area contributed by atoms with Gasteiger partial charge in [0.25, 0.3) is 16.0 Å². The molecule has 1 amide bonds. The minimum atomic E-state index is -4.27. The van der Waals surface area contributed by atoms with Crippen molar-refractivity contribution < 1.29 is 17.8 Å². The lowest BCUT2D eigenvalue weighted by Crippen LogP contribution is -2.16. The fourth-order valence-corrected chi connectivity index (χ4v) is 1.74. The number of rotatable bonds is 5. The Morgan fingerprint density at radius 3 is 2.45 bits per heavy atom. The molecule has 0 saturated carbocycles. The SMILES string of the molecule is CCN/C=C(/C#N)C(=O)Nc1ccc(S(=O)(=O)O)cc1. The Hall–Kier alpha value is -2.37. The Morgan fingerprint density at radius 1 is 1.40 bits per heavy atom. The summed E-state index contributed by atoms with van der Waals surface area (Å²) >= 11 is 0. The van der Waals surface area contributed by atoms with Gasteiger partial charge in [-0.1, -0.05) is 0 Å². The number of amides is 1. The fraction of sp³-hybridized carbons (Fsp3) is 0.167. The molecule has 3 N–H and O–H groups in total. The van der Waals surface area contributed by atoms with E-state index in [-0.39, 0.29) is 10.5 Å². The predicted molar refractivity (Wildman–Crippen MR) is 72.3 cm³/mol. The highest BCUT2D eigenvalue weighted by Gasteiger charge is 2.11. The van der Waals surface area contributed by atoms with Gasteiger partial charge in [0, 0.05) is 18.4 Å². The highest BCUT2D eigenvalue weighted by Crippen LogP contribution is 2.14.